The zero-order chi connectivity index (χ0) is 9.84. The molecular formula is C8H13ClN2O2. The number of carbonyl (C=O) groups excluding carboxylic acids is 2. The summed E-state index contributed by atoms with van der Waals surface area (Å²) in [4.78, 5) is 23.1. The van der Waals surface area contributed by atoms with Crippen LogP contribution in [0.1, 0.15) is 19.8 Å². The number of piperidine rings is 1. The fourth-order valence-corrected chi connectivity index (χ4v) is 1.70. The third kappa shape index (κ3) is 3.22. The minimum absolute atomic E-state index is 0.0612. The van der Waals surface area contributed by atoms with Crippen molar-refractivity contribution in [1.82, 2.24) is 10.2 Å². The molecule has 1 heterocycles. The maximum absolute atomic E-state index is 10.8. The van der Waals surface area contributed by atoms with E-state index in [4.69, 9.17) is 11.6 Å². The molecule has 0 aliphatic carbocycles. The Bertz CT molecular complexity index is 220. The largest absolute Gasteiger partial charge is 0.352 e. The van der Waals surface area contributed by atoms with Crippen molar-refractivity contribution in [3.8, 4) is 0 Å². The van der Waals surface area contributed by atoms with Gasteiger partial charge in [-0.3, -0.25) is 9.59 Å². The highest BCUT2D eigenvalue weighted by Crippen LogP contribution is 2.11. The molecule has 1 fully saturated rings. The summed E-state index contributed by atoms with van der Waals surface area (Å²) in [7, 11) is 0. The van der Waals surface area contributed by atoms with Gasteiger partial charge in [-0.2, -0.15) is 0 Å². The summed E-state index contributed by atoms with van der Waals surface area (Å²) in [6.45, 7) is 2.70. The molecular weight excluding hydrogens is 192 g/mol. The molecule has 1 unspecified atom stereocenters. The summed E-state index contributed by atoms with van der Waals surface area (Å²) in [5.41, 5.74) is 0. The summed E-state index contributed by atoms with van der Waals surface area (Å²) in [6, 6.07) is 0.0638. The van der Waals surface area contributed by atoms with E-state index >= 15 is 0 Å². The van der Waals surface area contributed by atoms with Gasteiger partial charge in [0.25, 0.3) is 0 Å². The molecule has 1 aliphatic rings. The average Bonchev–Trinajstić information content (AvgIpc) is 2.03. The lowest BCUT2D eigenvalue weighted by atomic mass is 10.1. The Kier molecular flexibility index (Phi) is 3.54. The Hall–Kier alpha value is -0.770. The van der Waals surface area contributed by atoms with Crippen LogP contribution in [-0.4, -0.2) is 35.3 Å². The Labute approximate surface area is 82.2 Å². The molecule has 2 amide bonds. The molecule has 0 aromatic heterocycles. The number of nitrogens with one attached hydrogen (secondary N) is 1. The van der Waals surface area contributed by atoms with E-state index < -0.39 is 5.37 Å². The topological polar surface area (TPSA) is 49.4 Å². The van der Waals surface area contributed by atoms with E-state index in [-0.39, 0.29) is 11.9 Å². The molecule has 0 bridgehead atoms. The van der Waals surface area contributed by atoms with Gasteiger partial charge in [-0.15, -0.1) is 0 Å². The minimum atomic E-state index is -0.435. The van der Waals surface area contributed by atoms with Gasteiger partial charge in [0, 0.05) is 26.1 Å². The number of nitrogens with zero attached hydrogens (tertiary/aromatic N) is 1. The average molecular weight is 205 g/mol. The lowest BCUT2D eigenvalue weighted by Gasteiger charge is -2.31. The Morgan fingerprint density at radius 1 is 1.54 bits per heavy atom. The first-order valence-corrected chi connectivity index (χ1v) is 4.69. The summed E-state index contributed by atoms with van der Waals surface area (Å²) in [5.74, 6) is -0.0612. The van der Waals surface area contributed by atoms with Gasteiger partial charge in [-0.05, 0) is 24.4 Å². The second-order valence-corrected chi connectivity index (χ2v) is 3.56. The number of likely N-dealkylation sites (tertiary alicyclic amines) is 1. The fraction of sp³-hybridized carbons (Fsp3) is 0.750. The molecule has 0 radical (unpaired) electrons. The summed E-state index contributed by atoms with van der Waals surface area (Å²) < 4.78 is 0. The van der Waals surface area contributed by atoms with Crippen LogP contribution in [0.3, 0.4) is 0 Å². The molecule has 0 saturated carbocycles. The van der Waals surface area contributed by atoms with Crippen LogP contribution >= 0.6 is 11.6 Å². The van der Waals surface area contributed by atoms with Crippen LogP contribution in [0.5, 0.6) is 0 Å². The number of rotatable bonds is 1. The van der Waals surface area contributed by atoms with Crippen molar-refractivity contribution in [2.24, 2.45) is 0 Å². The van der Waals surface area contributed by atoms with Crippen LogP contribution in [-0.2, 0) is 4.79 Å². The van der Waals surface area contributed by atoms with E-state index in [2.05, 4.69) is 5.32 Å². The molecule has 5 heteroatoms. The van der Waals surface area contributed by atoms with E-state index in [1.165, 1.54) is 6.92 Å². The quantitative estimate of drug-likeness (QED) is 0.511. The highest BCUT2D eigenvalue weighted by Gasteiger charge is 2.22. The van der Waals surface area contributed by atoms with Crippen molar-refractivity contribution in [2.45, 2.75) is 25.8 Å². The van der Waals surface area contributed by atoms with E-state index in [0.717, 1.165) is 12.8 Å². The number of carbonyl (C=O) groups is 2. The van der Waals surface area contributed by atoms with Gasteiger partial charge in [-0.25, -0.2) is 0 Å². The predicted octanol–water partition coefficient (Wildman–Crippen LogP) is 0.946. The van der Waals surface area contributed by atoms with Crippen molar-refractivity contribution in [2.75, 3.05) is 13.1 Å². The van der Waals surface area contributed by atoms with Crippen LogP contribution in [0.25, 0.3) is 0 Å². The van der Waals surface area contributed by atoms with Crippen LogP contribution in [0.15, 0.2) is 0 Å². The molecule has 1 rings (SSSR count). The highest BCUT2D eigenvalue weighted by molar-refractivity contribution is 6.62. The molecule has 0 aromatic carbocycles. The zero-order valence-corrected chi connectivity index (χ0v) is 8.30. The minimum Gasteiger partial charge on any atom is -0.352 e. The van der Waals surface area contributed by atoms with Crippen LogP contribution in [0.4, 0.5) is 4.79 Å². The molecule has 4 nitrogen and oxygen atoms in total. The molecule has 0 aromatic rings. The first kappa shape index (κ1) is 10.3. The smallest absolute Gasteiger partial charge is 0.316 e. The monoisotopic (exact) mass is 204 g/mol. The van der Waals surface area contributed by atoms with Crippen molar-refractivity contribution < 1.29 is 9.59 Å². The molecule has 13 heavy (non-hydrogen) atoms. The first-order chi connectivity index (χ1) is 6.09. The Balaban J connectivity index is 2.41. The Morgan fingerprint density at radius 2 is 2.23 bits per heavy atom. The number of amides is 2. The summed E-state index contributed by atoms with van der Waals surface area (Å²) >= 11 is 5.33. The van der Waals surface area contributed by atoms with Crippen LogP contribution < -0.4 is 5.32 Å². The number of hydrogen-bond donors (Lipinski definition) is 1. The van der Waals surface area contributed by atoms with Crippen molar-refractivity contribution in [3.63, 3.8) is 0 Å². The molecule has 1 N–H and O–H groups in total. The third-order valence-electron chi connectivity index (χ3n) is 2.08. The zero-order valence-electron chi connectivity index (χ0n) is 7.55. The number of hydrogen-bond acceptors (Lipinski definition) is 2. The standard InChI is InChI=1S/C8H13ClN2O2/c1-6(12)10-7-3-2-4-11(5-7)8(9)13/h7H,2-5H2,1H3,(H,10,12). The van der Waals surface area contributed by atoms with Crippen molar-refractivity contribution in [3.05, 3.63) is 0 Å². The second kappa shape index (κ2) is 4.46. The van der Waals surface area contributed by atoms with Crippen LogP contribution in [0, 0.1) is 0 Å². The molecule has 1 atom stereocenters. The lowest BCUT2D eigenvalue weighted by Crippen LogP contribution is -2.47. The predicted molar refractivity (Wildman–Crippen MR) is 49.7 cm³/mol. The molecule has 1 saturated heterocycles. The van der Waals surface area contributed by atoms with E-state index in [1.54, 1.807) is 4.90 Å². The van der Waals surface area contributed by atoms with Gasteiger partial charge < -0.3 is 10.2 Å². The van der Waals surface area contributed by atoms with Crippen LogP contribution in [0.2, 0.25) is 0 Å². The highest BCUT2D eigenvalue weighted by atomic mass is 35.5. The van der Waals surface area contributed by atoms with Gasteiger partial charge in [-0.1, -0.05) is 0 Å². The van der Waals surface area contributed by atoms with Gasteiger partial charge in [0.05, 0.1) is 0 Å². The maximum Gasteiger partial charge on any atom is 0.316 e. The first-order valence-electron chi connectivity index (χ1n) is 4.31. The van der Waals surface area contributed by atoms with Gasteiger partial charge in [0.15, 0.2) is 0 Å². The van der Waals surface area contributed by atoms with E-state index in [0.29, 0.717) is 13.1 Å². The van der Waals surface area contributed by atoms with Crippen molar-refractivity contribution >= 4 is 22.9 Å². The van der Waals surface area contributed by atoms with Crippen molar-refractivity contribution in [1.29, 1.82) is 0 Å². The fourth-order valence-electron chi connectivity index (χ4n) is 1.54. The number of halogens is 1. The van der Waals surface area contributed by atoms with Gasteiger partial charge in [0.2, 0.25) is 5.91 Å². The van der Waals surface area contributed by atoms with Gasteiger partial charge >= 0.3 is 5.37 Å². The SMILES string of the molecule is CC(=O)NC1CCCN(C(=O)Cl)C1. The van der Waals surface area contributed by atoms with E-state index in [9.17, 15) is 9.59 Å². The summed E-state index contributed by atoms with van der Waals surface area (Å²) in [5, 5.41) is 2.34. The van der Waals surface area contributed by atoms with E-state index in [1.807, 2.05) is 0 Å². The third-order valence-corrected chi connectivity index (χ3v) is 2.32. The summed E-state index contributed by atoms with van der Waals surface area (Å²) in [6.07, 6.45) is 1.81. The Morgan fingerprint density at radius 3 is 2.77 bits per heavy atom. The second-order valence-electron chi connectivity index (χ2n) is 3.24. The maximum atomic E-state index is 10.8. The van der Waals surface area contributed by atoms with Gasteiger partial charge in [0.1, 0.15) is 0 Å². The molecule has 74 valence electrons. The molecule has 0 spiro atoms. The lowest BCUT2D eigenvalue weighted by molar-refractivity contribution is -0.119. The normalized spacial score (nSPS) is 22.6. The molecule has 1 aliphatic heterocycles.